The largest absolute Gasteiger partial charge is 1.00 e. The molecule has 0 N–H and O–H groups in total. The second kappa shape index (κ2) is 8.62. The van der Waals surface area contributed by atoms with Crippen molar-refractivity contribution in [2.75, 3.05) is 0 Å². The Kier molecular flexibility index (Phi) is 7.41. The van der Waals surface area contributed by atoms with Gasteiger partial charge in [0.05, 0.1) is 5.69 Å². The number of hydrogen-bond donors (Lipinski definition) is 0. The summed E-state index contributed by atoms with van der Waals surface area (Å²) in [6.07, 6.45) is 2.01. The molecule has 24 heavy (non-hydrogen) atoms. The smallest absolute Gasteiger partial charge is 0.779 e. The molecule has 0 bridgehead atoms. The van der Waals surface area contributed by atoms with Crippen LogP contribution in [0.2, 0.25) is 0 Å². The van der Waals surface area contributed by atoms with Crippen LogP contribution in [0.5, 0.6) is 0 Å². The van der Waals surface area contributed by atoms with Crippen LogP contribution in [0, 0.1) is 34.6 Å². The molecule has 2 aromatic carbocycles. The van der Waals surface area contributed by atoms with E-state index in [0.717, 1.165) is 21.9 Å². The predicted molar refractivity (Wildman–Crippen MR) is 105 cm³/mol. The maximum absolute atomic E-state index is 5.66. The predicted octanol–water partition coefficient (Wildman–Crippen LogP) is 5.91. The molecule has 0 saturated carbocycles. The molecular weight excluding hydrogens is 362 g/mol. The zero-order valence-corrected chi connectivity index (χ0v) is 16.9. The fourth-order valence-electron chi connectivity index (χ4n) is 3.02. The Labute approximate surface area is 162 Å². The summed E-state index contributed by atoms with van der Waals surface area (Å²) in [6, 6.07) is 10.6. The van der Waals surface area contributed by atoms with Gasteiger partial charge in [0.15, 0.2) is 0 Å². The van der Waals surface area contributed by atoms with Crippen molar-refractivity contribution in [3.63, 3.8) is 0 Å². The summed E-state index contributed by atoms with van der Waals surface area (Å²) in [5.74, 6) is 0. The summed E-state index contributed by atoms with van der Waals surface area (Å²) in [6.45, 7) is 12.5. The first-order chi connectivity index (χ1) is 10.8. The number of para-hydroxylation sites is 1. The summed E-state index contributed by atoms with van der Waals surface area (Å²) >= 11 is 5.66. The second-order valence-corrected chi connectivity index (χ2v) is 6.72. The molecule has 0 radical (unpaired) electrons. The standard InChI is InChI=1S/C21H25NS.Cu/c1-13-10-16(4)20(17(5)11-13)19(23)12-18(6)22-21-14(2)8-7-9-15(21)3;/h7-12,23H,1-6H3;/q;+1/p-1/b19-12-,22-18?;. The molecule has 130 valence electrons. The fourth-order valence-corrected chi connectivity index (χ4v) is 3.51. The van der Waals surface area contributed by atoms with Crippen molar-refractivity contribution in [2.45, 2.75) is 41.5 Å². The minimum atomic E-state index is 0. The van der Waals surface area contributed by atoms with Gasteiger partial charge >= 0.3 is 17.1 Å². The summed E-state index contributed by atoms with van der Waals surface area (Å²) in [4.78, 5) is 5.63. The van der Waals surface area contributed by atoms with Gasteiger partial charge in [0.2, 0.25) is 0 Å². The third kappa shape index (κ3) is 4.80. The first kappa shape index (κ1) is 20.6. The number of allylic oxidation sites excluding steroid dienone is 1. The first-order valence-electron chi connectivity index (χ1n) is 7.88. The quantitative estimate of drug-likeness (QED) is 0.363. The van der Waals surface area contributed by atoms with E-state index in [1.165, 1.54) is 27.8 Å². The molecule has 0 heterocycles. The van der Waals surface area contributed by atoms with Gasteiger partial charge in [-0.05, 0) is 69.4 Å². The van der Waals surface area contributed by atoms with Crippen molar-refractivity contribution in [1.29, 1.82) is 0 Å². The Morgan fingerprint density at radius 1 is 0.917 bits per heavy atom. The van der Waals surface area contributed by atoms with E-state index in [2.05, 4.69) is 65.0 Å². The molecule has 0 aliphatic heterocycles. The number of benzene rings is 2. The molecule has 0 atom stereocenters. The molecule has 0 amide bonds. The van der Waals surface area contributed by atoms with Crippen molar-refractivity contribution in [3.05, 3.63) is 69.8 Å². The molecule has 0 fully saturated rings. The average molecular weight is 386 g/mol. The van der Waals surface area contributed by atoms with E-state index >= 15 is 0 Å². The number of nitrogens with zero attached hydrogens (tertiary/aromatic N) is 1. The zero-order valence-electron chi connectivity index (χ0n) is 15.1. The van der Waals surface area contributed by atoms with Gasteiger partial charge in [0.1, 0.15) is 0 Å². The molecule has 0 aliphatic rings. The van der Waals surface area contributed by atoms with Crippen LogP contribution < -0.4 is 0 Å². The van der Waals surface area contributed by atoms with Crippen molar-refractivity contribution in [1.82, 2.24) is 0 Å². The number of aryl methyl sites for hydroxylation is 5. The SMILES string of the molecule is CC(/C=C(\[S-])c1c(C)cc(C)cc1C)=Nc1c(C)cccc1C.[Cu+]. The topological polar surface area (TPSA) is 12.4 Å². The summed E-state index contributed by atoms with van der Waals surface area (Å²) in [5.41, 5.74) is 9.23. The maximum Gasteiger partial charge on any atom is 1.00 e. The van der Waals surface area contributed by atoms with Gasteiger partial charge < -0.3 is 12.6 Å². The van der Waals surface area contributed by atoms with Crippen LogP contribution in [0.1, 0.15) is 40.3 Å². The Morgan fingerprint density at radius 3 is 1.92 bits per heavy atom. The van der Waals surface area contributed by atoms with E-state index in [0.29, 0.717) is 0 Å². The van der Waals surface area contributed by atoms with Crippen LogP contribution in [-0.2, 0) is 29.7 Å². The average Bonchev–Trinajstić information content (AvgIpc) is 2.41. The molecule has 0 saturated heterocycles. The molecule has 0 unspecified atom stereocenters. The minimum Gasteiger partial charge on any atom is -0.779 e. The first-order valence-corrected chi connectivity index (χ1v) is 8.29. The molecule has 2 aromatic rings. The van der Waals surface area contributed by atoms with Crippen LogP contribution in [0.4, 0.5) is 5.69 Å². The Bertz CT molecular complexity index is 760. The Hall–Kier alpha value is -1.41. The summed E-state index contributed by atoms with van der Waals surface area (Å²) in [7, 11) is 0. The van der Waals surface area contributed by atoms with E-state index in [-0.39, 0.29) is 17.1 Å². The van der Waals surface area contributed by atoms with Gasteiger partial charge in [-0.1, -0.05) is 42.0 Å². The third-order valence-corrected chi connectivity index (χ3v) is 4.31. The summed E-state index contributed by atoms with van der Waals surface area (Å²) in [5, 5.41) is 0. The number of rotatable bonds is 3. The molecule has 1 nitrogen and oxygen atoms in total. The van der Waals surface area contributed by atoms with Gasteiger partial charge in [-0.3, -0.25) is 4.99 Å². The van der Waals surface area contributed by atoms with Gasteiger partial charge in [0, 0.05) is 5.71 Å². The normalized spacial score (nSPS) is 12.1. The van der Waals surface area contributed by atoms with E-state index in [9.17, 15) is 0 Å². The van der Waals surface area contributed by atoms with E-state index in [1.54, 1.807) is 0 Å². The van der Waals surface area contributed by atoms with Gasteiger partial charge in [-0.2, -0.15) is 4.91 Å². The van der Waals surface area contributed by atoms with E-state index in [4.69, 9.17) is 17.6 Å². The van der Waals surface area contributed by atoms with Crippen LogP contribution in [-0.4, -0.2) is 5.71 Å². The third-order valence-electron chi connectivity index (χ3n) is 3.99. The van der Waals surface area contributed by atoms with Crippen LogP contribution in [0.3, 0.4) is 0 Å². The van der Waals surface area contributed by atoms with Crippen LogP contribution in [0.25, 0.3) is 4.91 Å². The van der Waals surface area contributed by atoms with Gasteiger partial charge in [-0.25, -0.2) is 0 Å². The Morgan fingerprint density at radius 2 is 1.42 bits per heavy atom. The summed E-state index contributed by atoms with van der Waals surface area (Å²) < 4.78 is 0. The van der Waals surface area contributed by atoms with Crippen LogP contribution in [0.15, 0.2) is 41.4 Å². The zero-order chi connectivity index (χ0) is 17.1. The Balaban J connectivity index is 0.00000288. The monoisotopic (exact) mass is 385 g/mol. The van der Waals surface area contributed by atoms with Crippen molar-refractivity contribution < 1.29 is 17.1 Å². The molecule has 0 aromatic heterocycles. The van der Waals surface area contributed by atoms with Crippen molar-refractivity contribution in [2.24, 2.45) is 4.99 Å². The maximum atomic E-state index is 5.66. The van der Waals surface area contributed by atoms with E-state index < -0.39 is 0 Å². The number of aliphatic imine (C=N–C) groups is 1. The van der Waals surface area contributed by atoms with Crippen molar-refractivity contribution >= 4 is 28.9 Å². The molecule has 3 heteroatoms. The van der Waals surface area contributed by atoms with Crippen LogP contribution >= 0.6 is 0 Å². The minimum absolute atomic E-state index is 0. The molecule has 0 aliphatic carbocycles. The second-order valence-electron chi connectivity index (χ2n) is 6.28. The molecular formula is C21H24CuNS. The molecule has 0 spiro atoms. The number of hydrogen-bond acceptors (Lipinski definition) is 2. The molecule has 2 rings (SSSR count). The van der Waals surface area contributed by atoms with Crippen molar-refractivity contribution in [3.8, 4) is 0 Å². The van der Waals surface area contributed by atoms with Gasteiger partial charge in [0.25, 0.3) is 0 Å². The van der Waals surface area contributed by atoms with E-state index in [1.807, 2.05) is 13.0 Å². The fraction of sp³-hybridized carbons (Fsp3) is 0.286. The van der Waals surface area contributed by atoms with Gasteiger partial charge in [-0.15, -0.1) is 0 Å².